The molecule has 3 heterocycles. The predicted octanol–water partition coefficient (Wildman–Crippen LogP) is 6.24. The predicted molar refractivity (Wildman–Crippen MR) is 138 cm³/mol. The molecule has 1 saturated heterocycles. The van der Waals surface area contributed by atoms with E-state index in [2.05, 4.69) is 22.9 Å². The first-order valence-electron chi connectivity index (χ1n) is 12.5. The van der Waals surface area contributed by atoms with Crippen LogP contribution < -0.4 is 10.2 Å². The van der Waals surface area contributed by atoms with Gasteiger partial charge in [0.05, 0.1) is 29.7 Å². The molecule has 3 aromatic rings. The van der Waals surface area contributed by atoms with Gasteiger partial charge in [0, 0.05) is 17.6 Å². The second-order valence-electron chi connectivity index (χ2n) is 9.29. The van der Waals surface area contributed by atoms with Crippen LogP contribution >= 0.6 is 15.9 Å². The topological polar surface area (TPSA) is 69.0 Å². The molecule has 184 valence electrons. The molecule has 2 aliphatic heterocycles. The number of carbonyl (C=O) groups excluding carboxylic acids is 1. The molecule has 5 rings (SSSR count). The maximum Gasteiger partial charge on any atom is 0.291 e. The highest BCUT2D eigenvalue weighted by molar-refractivity contribution is 9.10. The van der Waals surface area contributed by atoms with Crippen LogP contribution in [-0.2, 0) is 4.74 Å². The molecule has 1 amide bonds. The van der Waals surface area contributed by atoms with Crippen molar-refractivity contribution in [1.82, 2.24) is 4.90 Å². The highest BCUT2D eigenvalue weighted by Crippen LogP contribution is 2.39. The summed E-state index contributed by atoms with van der Waals surface area (Å²) >= 11 is 3.44. The molecule has 2 unspecified atom stereocenters. The Hall–Kier alpha value is -2.64. The zero-order chi connectivity index (χ0) is 24.4. The van der Waals surface area contributed by atoms with Crippen LogP contribution in [0.4, 0.5) is 0 Å². The first-order chi connectivity index (χ1) is 17.1. The average Bonchev–Trinajstić information content (AvgIpc) is 3.47. The van der Waals surface area contributed by atoms with E-state index < -0.39 is 6.04 Å². The van der Waals surface area contributed by atoms with Crippen LogP contribution in [0.25, 0.3) is 11.0 Å². The Labute approximate surface area is 213 Å². The van der Waals surface area contributed by atoms with E-state index in [1.165, 1.54) is 12.8 Å². The number of hydrogen-bond acceptors (Lipinski definition) is 5. The van der Waals surface area contributed by atoms with E-state index in [-0.39, 0.29) is 23.2 Å². The van der Waals surface area contributed by atoms with Crippen molar-refractivity contribution in [3.05, 3.63) is 74.0 Å². The van der Waals surface area contributed by atoms with Crippen LogP contribution in [0.5, 0.6) is 5.75 Å². The Balaban J connectivity index is 1.49. The van der Waals surface area contributed by atoms with Crippen molar-refractivity contribution in [1.29, 1.82) is 0 Å². The summed E-state index contributed by atoms with van der Waals surface area (Å²) in [6.07, 6.45) is 6.43. The number of halogens is 1. The van der Waals surface area contributed by atoms with Crippen molar-refractivity contribution >= 4 is 32.8 Å². The fourth-order valence-electron chi connectivity index (χ4n) is 5.00. The number of unbranched alkanes of at least 4 members (excludes halogenated alkanes) is 3. The summed E-state index contributed by atoms with van der Waals surface area (Å²) in [4.78, 5) is 28.9. The van der Waals surface area contributed by atoms with Crippen molar-refractivity contribution in [2.75, 3.05) is 19.8 Å². The Bertz CT molecular complexity index is 1260. The van der Waals surface area contributed by atoms with Gasteiger partial charge in [0.15, 0.2) is 5.43 Å². The number of nitrogens with zero attached hydrogens (tertiary/aromatic N) is 1. The number of hydrogen-bond donors (Lipinski definition) is 0. The summed E-state index contributed by atoms with van der Waals surface area (Å²) in [5.74, 6) is 0.651. The van der Waals surface area contributed by atoms with Gasteiger partial charge in [-0.15, -0.1) is 0 Å². The number of benzene rings is 2. The highest BCUT2D eigenvalue weighted by atomic mass is 79.9. The molecule has 0 radical (unpaired) electrons. The molecule has 1 fully saturated rings. The normalized spacial score (nSPS) is 19.5. The summed E-state index contributed by atoms with van der Waals surface area (Å²) in [6.45, 7) is 3.99. The number of amides is 1. The molecule has 1 aromatic heterocycles. The minimum Gasteiger partial charge on any atom is -0.494 e. The molecule has 0 spiro atoms. The second-order valence-corrected chi connectivity index (χ2v) is 10.2. The Morgan fingerprint density at radius 3 is 2.66 bits per heavy atom. The molecule has 2 aromatic carbocycles. The van der Waals surface area contributed by atoms with Crippen molar-refractivity contribution in [3.8, 4) is 5.75 Å². The lowest BCUT2D eigenvalue weighted by Crippen LogP contribution is -2.36. The standard InChI is InChI=1S/C28H30BrNO5/c1-2-3-4-5-14-33-20-11-8-18(9-12-20)25-24-26(31)22-16-19(29)10-13-23(22)35-27(24)28(32)30(25)17-21-7-6-15-34-21/h8-13,16,21,25H,2-7,14-15,17H2,1H3. The third-order valence-electron chi connectivity index (χ3n) is 6.81. The Morgan fingerprint density at radius 1 is 1.09 bits per heavy atom. The van der Waals surface area contributed by atoms with Crippen LogP contribution in [0.3, 0.4) is 0 Å². The minimum absolute atomic E-state index is 0.0415. The van der Waals surface area contributed by atoms with Gasteiger partial charge in [0.25, 0.3) is 5.91 Å². The smallest absolute Gasteiger partial charge is 0.291 e. The molecule has 0 aliphatic carbocycles. The van der Waals surface area contributed by atoms with Crippen molar-refractivity contribution in [2.24, 2.45) is 0 Å². The van der Waals surface area contributed by atoms with E-state index >= 15 is 0 Å². The van der Waals surface area contributed by atoms with Gasteiger partial charge in [-0.1, -0.05) is 54.2 Å². The molecule has 2 atom stereocenters. The first kappa shape index (κ1) is 24.1. The van der Waals surface area contributed by atoms with Crippen LogP contribution in [0.2, 0.25) is 0 Å². The molecule has 2 aliphatic rings. The molecule has 0 bridgehead atoms. The van der Waals surface area contributed by atoms with Gasteiger partial charge in [-0.25, -0.2) is 0 Å². The minimum atomic E-state index is -0.528. The molecular formula is C28H30BrNO5. The second kappa shape index (κ2) is 10.5. The monoisotopic (exact) mass is 539 g/mol. The van der Waals surface area contributed by atoms with Crippen molar-refractivity contribution in [2.45, 2.75) is 57.6 Å². The van der Waals surface area contributed by atoms with Crippen molar-refractivity contribution in [3.63, 3.8) is 0 Å². The molecular weight excluding hydrogens is 510 g/mol. The summed E-state index contributed by atoms with van der Waals surface area (Å²) in [5, 5.41) is 0.460. The lowest BCUT2D eigenvalue weighted by atomic mass is 9.98. The summed E-state index contributed by atoms with van der Waals surface area (Å²) < 4.78 is 18.6. The molecule has 6 nitrogen and oxygen atoms in total. The van der Waals surface area contributed by atoms with E-state index in [0.29, 0.717) is 36.3 Å². The Kier molecular flexibility index (Phi) is 7.25. The summed E-state index contributed by atoms with van der Waals surface area (Å²) in [6, 6.07) is 12.5. The van der Waals surface area contributed by atoms with Crippen LogP contribution in [0, 0.1) is 0 Å². The number of ether oxygens (including phenoxy) is 2. The fraction of sp³-hybridized carbons (Fsp3) is 0.429. The quantitative estimate of drug-likeness (QED) is 0.301. The summed E-state index contributed by atoms with van der Waals surface area (Å²) in [5.41, 5.74) is 1.49. The third-order valence-corrected chi connectivity index (χ3v) is 7.31. The SMILES string of the molecule is CCCCCCOc1ccc(C2c3c(oc4ccc(Br)cc4c3=O)C(=O)N2CC2CCCO2)cc1. The van der Waals surface area contributed by atoms with Gasteiger partial charge < -0.3 is 18.8 Å². The van der Waals surface area contributed by atoms with E-state index in [1.54, 1.807) is 23.1 Å². The van der Waals surface area contributed by atoms with Crippen LogP contribution in [0.1, 0.15) is 73.2 Å². The van der Waals surface area contributed by atoms with Gasteiger partial charge in [0.1, 0.15) is 11.3 Å². The van der Waals surface area contributed by atoms with Crippen LogP contribution in [-0.4, -0.2) is 36.7 Å². The number of fused-ring (bicyclic) bond motifs is 2. The van der Waals surface area contributed by atoms with E-state index in [9.17, 15) is 9.59 Å². The average molecular weight is 540 g/mol. The number of carbonyl (C=O) groups is 1. The Morgan fingerprint density at radius 2 is 1.91 bits per heavy atom. The molecule has 0 saturated carbocycles. The zero-order valence-electron chi connectivity index (χ0n) is 19.9. The third kappa shape index (κ3) is 4.89. The lowest BCUT2D eigenvalue weighted by Gasteiger charge is -2.27. The van der Waals surface area contributed by atoms with Crippen molar-refractivity contribution < 1.29 is 18.7 Å². The van der Waals surface area contributed by atoms with E-state index in [1.807, 2.05) is 24.3 Å². The van der Waals surface area contributed by atoms with E-state index in [0.717, 1.165) is 41.5 Å². The van der Waals surface area contributed by atoms with Gasteiger partial charge in [-0.05, 0) is 55.2 Å². The van der Waals surface area contributed by atoms with Gasteiger partial charge in [-0.3, -0.25) is 9.59 Å². The highest BCUT2D eigenvalue weighted by Gasteiger charge is 2.43. The van der Waals surface area contributed by atoms with Crippen LogP contribution in [0.15, 0.2) is 56.1 Å². The fourth-order valence-corrected chi connectivity index (χ4v) is 5.36. The maximum absolute atomic E-state index is 13.7. The zero-order valence-corrected chi connectivity index (χ0v) is 21.5. The maximum atomic E-state index is 13.7. The van der Waals surface area contributed by atoms with Gasteiger partial charge in [-0.2, -0.15) is 0 Å². The van der Waals surface area contributed by atoms with E-state index in [4.69, 9.17) is 13.9 Å². The molecule has 7 heteroatoms. The largest absolute Gasteiger partial charge is 0.494 e. The summed E-state index contributed by atoms with van der Waals surface area (Å²) in [7, 11) is 0. The lowest BCUT2D eigenvalue weighted by molar-refractivity contribution is 0.0486. The first-order valence-corrected chi connectivity index (χ1v) is 13.3. The number of rotatable bonds is 9. The molecule has 35 heavy (non-hydrogen) atoms. The molecule has 0 N–H and O–H groups in total. The van der Waals surface area contributed by atoms with Gasteiger partial charge >= 0.3 is 0 Å². The van der Waals surface area contributed by atoms with Gasteiger partial charge in [0.2, 0.25) is 5.76 Å².